The minimum absolute atomic E-state index is 0.287. The lowest BCUT2D eigenvalue weighted by Gasteiger charge is -2.16. The molecule has 3 aromatic rings. The van der Waals surface area contributed by atoms with Crippen LogP contribution in [0, 0.1) is 36.0 Å². The molecule has 0 bridgehead atoms. The molecule has 0 atom stereocenters. The maximum absolute atomic E-state index is 14.1. The standard InChI is InChI=1S/C20H9F5N2O3S/c1-8-2-3-10(31-8)9-4-6-26(7-5-9)17-18(28)20(30)27(19(17)29)16-14(24)12(22)11(21)13(23)15(16)25/h2-7H,1H3/p+1. The van der Waals surface area contributed by atoms with E-state index in [0.29, 0.717) is 0 Å². The highest BCUT2D eigenvalue weighted by atomic mass is 32.1. The molecule has 0 unspecified atom stereocenters. The molecule has 0 radical (unpaired) electrons. The minimum atomic E-state index is -2.44. The Morgan fingerprint density at radius 2 is 1.39 bits per heavy atom. The van der Waals surface area contributed by atoms with Crippen molar-refractivity contribution in [2.75, 3.05) is 4.90 Å². The number of aryl methyl sites for hydroxylation is 1. The van der Waals surface area contributed by atoms with Crippen LogP contribution in [0.15, 0.2) is 42.4 Å². The average Bonchev–Trinajstić information content (AvgIpc) is 3.28. The molecule has 1 N–H and O–H groups in total. The fourth-order valence-electron chi connectivity index (χ4n) is 3.06. The van der Waals surface area contributed by atoms with E-state index in [2.05, 4.69) is 0 Å². The Morgan fingerprint density at radius 3 is 1.90 bits per heavy atom. The van der Waals surface area contributed by atoms with Gasteiger partial charge >= 0.3 is 17.5 Å². The summed E-state index contributed by atoms with van der Waals surface area (Å²) >= 11 is 1.50. The Labute approximate surface area is 174 Å². The maximum atomic E-state index is 14.1. The fourth-order valence-corrected chi connectivity index (χ4v) is 3.93. The van der Waals surface area contributed by atoms with Crippen LogP contribution in [0.1, 0.15) is 4.88 Å². The third kappa shape index (κ3) is 3.08. The monoisotopic (exact) mass is 453 g/mol. The van der Waals surface area contributed by atoms with E-state index in [9.17, 15) is 36.6 Å². The summed E-state index contributed by atoms with van der Waals surface area (Å²) in [5.41, 5.74) is -1.72. The van der Waals surface area contributed by atoms with Crippen LogP contribution in [-0.2, 0) is 9.59 Å². The largest absolute Gasteiger partial charge is 0.498 e. The van der Waals surface area contributed by atoms with Gasteiger partial charge in [-0.15, -0.1) is 11.3 Å². The van der Waals surface area contributed by atoms with Gasteiger partial charge in [0.05, 0.1) is 0 Å². The van der Waals surface area contributed by atoms with Crippen molar-refractivity contribution in [2.24, 2.45) is 0 Å². The minimum Gasteiger partial charge on any atom is -0.498 e. The highest BCUT2D eigenvalue weighted by Crippen LogP contribution is 2.34. The molecule has 0 spiro atoms. The first-order valence-electron chi connectivity index (χ1n) is 8.55. The molecule has 2 aromatic heterocycles. The summed E-state index contributed by atoms with van der Waals surface area (Å²) in [6.07, 6.45) is 2.62. The zero-order valence-electron chi connectivity index (χ0n) is 15.4. The summed E-state index contributed by atoms with van der Waals surface area (Å²) < 4.78 is 69.6. The number of pyridine rings is 1. The van der Waals surface area contributed by atoms with Gasteiger partial charge in [0.15, 0.2) is 35.7 Å². The SMILES string of the molecule is Cc1ccc(-c2cc[n+](C3=C(O)C(=O)N(c4c(F)c(F)c(F)c(F)c4F)C3=O)cc2)s1. The Bertz CT molecular complexity index is 1270. The lowest BCUT2D eigenvalue weighted by molar-refractivity contribution is -0.578. The Kier molecular flexibility index (Phi) is 4.85. The van der Waals surface area contributed by atoms with E-state index in [0.717, 1.165) is 19.9 Å². The number of imide groups is 1. The van der Waals surface area contributed by atoms with Crippen LogP contribution in [0.4, 0.5) is 27.6 Å². The average molecular weight is 453 g/mol. The van der Waals surface area contributed by atoms with Crippen molar-refractivity contribution in [1.82, 2.24) is 0 Å². The molecule has 0 saturated heterocycles. The molecule has 3 heterocycles. The number of nitrogens with zero attached hydrogens (tertiary/aromatic N) is 2. The van der Waals surface area contributed by atoms with E-state index < -0.39 is 58.0 Å². The van der Waals surface area contributed by atoms with E-state index in [-0.39, 0.29) is 4.90 Å². The molecule has 1 aromatic carbocycles. The van der Waals surface area contributed by atoms with Crippen LogP contribution >= 0.6 is 11.3 Å². The zero-order chi connectivity index (χ0) is 22.6. The molecule has 0 saturated carbocycles. The zero-order valence-corrected chi connectivity index (χ0v) is 16.2. The second kappa shape index (κ2) is 7.27. The van der Waals surface area contributed by atoms with E-state index in [4.69, 9.17) is 0 Å². The summed E-state index contributed by atoms with van der Waals surface area (Å²) in [6.45, 7) is 1.91. The first-order valence-corrected chi connectivity index (χ1v) is 9.37. The fraction of sp³-hybridized carbons (Fsp3) is 0.0500. The van der Waals surface area contributed by atoms with Gasteiger partial charge in [0.25, 0.3) is 5.76 Å². The third-order valence-corrected chi connectivity index (χ3v) is 5.61. The summed E-state index contributed by atoms with van der Waals surface area (Å²) in [5, 5.41) is 10.1. The highest BCUT2D eigenvalue weighted by Gasteiger charge is 2.49. The predicted molar refractivity (Wildman–Crippen MR) is 99.3 cm³/mol. The number of aromatic nitrogens is 1. The van der Waals surface area contributed by atoms with Crippen LogP contribution < -0.4 is 9.47 Å². The van der Waals surface area contributed by atoms with Gasteiger partial charge in [-0.3, -0.25) is 9.59 Å². The van der Waals surface area contributed by atoms with E-state index >= 15 is 0 Å². The molecule has 0 aliphatic carbocycles. The number of amides is 2. The van der Waals surface area contributed by atoms with Crippen LogP contribution in [0.25, 0.3) is 16.1 Å². The summed E-state index contributed by atoms with van der Waals surface area (Å²) in [6, 6.07) is 6.89. The van der Waals surface area contributed by atoms with Crippen LogP contribution in [0.2, 0.25) is 0 Å². The molecule has 5 nitrogen and oxygen atoms in total. The molecular weight excluding hydrogens is 443 g/mol. The van der Waals surface area contributed by atoms with Gasteiger partial charge < -0.3 is 5.11 Å². The Balaban J connectivity index is 1.76. The van der Waals surface area contributed by atoms with Crippen LogP contribution in [0.3, 0.4) is 0 Å². The second-order valence-electron chi connectivity index (χ2n) is 6.47. The number of carbonyl (C=O) groups is 2. The van der Waals surface area contributed by atoms with E-state index in [1.54, 1.807) is 12.1 Å². The predicted octanol–water partition coefficient (Wildman–Crippen LogP) is 4.01. The molecule has 158 valence electrons. The molecule has 1 aliphatic rings. The third-order valence-electron chi connectivity index (χ3n) is 4.56. The van der Waals surface area contributed by atoms with E-state index in [1.165, 1.54) is 23.7 Å². The Hall–Kier alpha value is -3.60. The molecule has 0 fully saturated rings. The van der Waals surface area contributed by atoms with E-state index in [1.807, 2.05) is 19.1 Å². The first kappa shape index (κ1) is 20.7. The number of carbonyl (C=O) groups excluding carboxylic acids is 2. The number of halogens is 5. The molecule has 31 heavy (non-hydrogen) atoms. The smallest absolute Gasteiger partial charge is 0.335 e. The topological polar surface area (TPSA) is 61.5 Å². The first-order chi connectivity index (χ1) is 14.6. The van der Waals surface area contributed by atoms with Crippen molar-refractivity contribution in [2.45, 2.75) is 6.92 Å². The number of rotatable bonds is 3. The van der Waals surface area contributed by atoms with Crippen molar-refractivity contribution in [3.05, 3.63) is 76.4 Å². The second-order valence-corrected chi connectivity index (χ2v) is 7.75. The highest BCUT2D eigenvalue weighted by molar-refractivity contribution is 7.15. The quantitative estimate of drug-likeness (QED) is 0.214. The molecule has 1 aliphatic heterocycles. The number of hydrogen-bond acceptors (Lipinski definition) is 4. The lowest BCUT2D eigenvalue weighted by atomic mass is 10.2. The molecule has 4 rings (SSSR count). The van der Waals surface area contributed by atoms with Gasteiger partial charge in [0.2, 0.25) is 5.82 Å². The van der Waals surface area contributed by atoms with Crippen molar-refractivity contribution >= 4 is 34.5 Å². The maximum Gasteiger partial charge on any atom is 0.335 e. The molecule has 11 heteroatoms. The number of aliphatic hydroxyl groups is 1. The van der Waals surface area contributed by atoms with Gasteiger partial charge in [-0.05, 0) is 19.1 Å². The lowest BCUT2D eigenvalue weighted by Crippen LogP contribution is -2.40. The van der Waals surface area contributed by atoms with Gasteiger partial charge in [-0.2, -0.15) is 4.57 Å². The number of benzene rings is 1. The van der Waals surface area contributed by atoms with Gasteiger partial charge in [0, 0.05) is 27.5 Å². The van der Waals surface area contributed by atoms with Gasteiger partial charge in [0.1, 0.15) is 5.69 Å². The summed E-state index contributed by atoms with van der Waals surface area (Å²) in [4.78, 5) is 26.7. The summed E-state index contributed by atoms with van der Waals surface area (Å²) in [7, 11) is 0. The van der Waals surface area contributed by atoms with Gasteiger partial charge in [-0.25, -0.2) is 26.9 Å². The van der Waals surface area contributed by atoms with Crippen molar-refractivity contribution in [1.29, 1.82) is 0 Å². The number of anilines is 1. The van der Waals surface area contributed by atoms with Crippen LogP contribution in [0.5, 0.6) is 0 Å². The van der Waals surface area contributed by atoms with Gasteiger partial charge in [-0.1, -0.05) is 0 Å². The number of thiophene rings is 1. The van der Waals surface area contributed by atoms with Crippen LogP contribution in [-0.4, -0.2) is 16.9 Å². The number of aliphatic hydroxyl groups excluding tert-OH is 1. The molecule has 2 amide bonds. The van der Waals surface area contributed by atoms with Crippen molar-refractivity contribution < 1.29 is 41.2 Å². The van der Waals surface area contributed by atoms with Crippen molar-refractivity contribution in [3.8, 4) is 10.4 Å². The molecular formula is C20H10F5N2O3S+. The summed E-state index contributed by atoms with van der Waals surface area (Å²) in [5.74, 6) is -16.1. The van der Waals surface area contributed by atoms with Crippen molar-refractivity contribution in [3.63, 3.8) is 0 Å². The normalized spacial score (nSPS) is 14.2. The Morgan fingerprint density at radius 1 is 0.839 bits per heavy atom. The number of hydrogen-bond donors (Lipinski definition) is 1.